The summed E-state index contributed by atoms with van der Waals surface area (Å²) < 4.78 is 5.68. The molecule has 0 radical (unpaired) electrons. The number of nitrogens with zero attached hydrogens (tertiary/aromatic N) is 2. The molecule has 1 N–H and O–H groups in total. The first kappa shape index (κ1) is 21.6. The van der Waals surface area contributed by atoms with Crippen molar-refractivity contribution in [3.8, 4) is 5.75 Å². The van der Waals surface area contributed by atoms with E-state index in [0.717, 1.165) is 41.4 Å². The van der Waals surface area contributed by atoms with Crippen LogP contribution in [0.1, 0.15) is 49.7 Å². The van der Waals surface area contributed by atoms with Crippen LogP contribution in [0, 0.1) is 18.8 Å². The number of piperidine rings is 3. The molecule has 1 unspecified atom stereocenters. The Kier molecular flexibility index (Phi) is 5.07. The molecule has 3 aromatic rings. The lowest BCUT2D eigenvalue weighted by Gasteiger charge is -2.54. The first-order valence-corrected chi connectivity index (χ1v) is 13.4. The maximum atomic E-state index is 12.6. The van der Waals surface area contributed by atoms with Crippen molar-refractivity contribution in [1.82, 2.24) is 9.80 Å². The Balaban J connectivity index is 1.28. The summed E-state index contributed by atoms with van der Waals surface area (Å²) in [5.74, 6) is 1.67. The van der Waals surface area contributed by atoms with Crippen LogP contribution in [0.3, 0.4) is 0 Å². The van der Waals surface area contributed by atoms with Gasteiger partial charge in [0.05, 0.1) is 5.39 Å². The summed E-state index contributed by atoms with van der Waals surface area (Å²) in [5, 5.41) is 13.6. The summed E-state index contributed by atoms with van der Waals surface area (Å²) in [6.07, 6.45) is 10.5. The predicted octanol–water partition coefficient (Wildman–Crippen LogP) is 5.36. The highest BCUT2D eigenvalue weighted by Gasteiger charge is 2.45. The number of hydrogen-bond donors (Lipinski definition) is 1. The Bertz CT molecular complexity index is 1410. The van der Waals surface area contributed by atoms with Gasteiger partial charge < -0.3 is 9.52 Å². The van der Waals surface area contributed by atoms with Gasteiger partial charge in [0.1, 0.15) is 11.3 Å². The molecule has 0 amide bonds. The van der Waals surface area contributed by atoms with Crippen molar-refractivity contribution in [2.75, 3.05) is 19.6 Å². The summed E-state index contributed by atoms with van der Waals surface area (Å²) in [6, 6.07) is 10.9. The molecule has 3 aliphatic heterocycles. The van der Waals surface area contributed by atoms with Crippen LogP contribution < -0.4 is 5.63 Å². The Labute approximate surface area is 206 Å². The second-order valence-corrected chi connectivity index (χ2v) is 11.3. The Morgan fingerprint density at radius 2 is 1.94 bits per heavy atom. The van der Waals surface area contributed by atoms with Crippen LogP contribution >= 0.6 is 0 Å². The van der Waals surface area contributed by atoms with Crippen LogP contribution in [0.15, 0.2) is 51.2 Å². The van der Waals surface area contributed by atoms with E-state index in [-0.39, 0.29) is 11.4 Å². The minimum Gasteiger partial charge on any atom is -0.507 e. The van der Waals surface area contributed by atoms with E-state index in [9.17, 15) is 9.90 Å². The minimum atomic E-state index is -0.348. The molecular formula is C30H34N2O3. The normalized spacial score (nSPS) is 29.1. The van der Waals surface area contributed by atoms with Gasteiger partial charge in [0.15, 0.2) is 0 Å². The van der Waals surface area contributed by atoms with Crippen LogP contribution in [-0.2, 0) is 6.54 Å². The van der Waals surface area contributed by atoms with Gasteiger partial charge in [0.25, 0.3) is 0 Å². The summed E-state index contributed by atoms with van der Waals surface area (Å²) >= 11 is 0. The molecule has 5 heteroatoms. The molecule has 7 rings (SSSR count). The zero-order chi connectivity index (χ0) is 23.7. The summed E-state index contributed by atoms with van der Waals surface area (Å²) in [6.45, 7) is 6.13. The van der Waals surface area contributed by atoms with Crippen molar-refractivity contribution < 1.29 is 9.52 Å². The first-order valence-electron chi connectivity index (χ1n) is 13.4. The second kappa shape index (κ2) is 8.21. The van der Waals surface area contributed by atoms with Gasteiger partial charge in [-0.15, -0.1) is 0 Å². The van der Waals surface area contributed by atoms with Crippen molar-refractivity contribution in [2.45, 2.75) is 64.1 Å². The molecule has 4 atom stereocenters. The van der Waals surface area contributed by atoms with Crippen LogP contribution in [0.25, 0.3) is 21.7 Å². The highest BCUT2D eigenvalue weighted by Crippen LogP contribution is 2.46. The SMILES string of the molecule is Cc1c(O)c(CN2CCCC3=C[C@H]4CC(CN5CCCC[C@H]45)[C@@H]32)cc2c1oc(=O)c1ccccc12. The van der Waals surface area contributed by atoms with E-state index < -0.39 is 0 Å². The number of fused-ring (bicyclic) bond motifs is 9. The fraction of sp³-hybridized carbons (Fsp3) is 0.500. The highest BCUT2D eigenvalue weighted by atomic mass is 16.4. The lowest BCUT2D eigenvalue weighted by atomic mass is 9.68. The molecular weight excluding hydrogens is 436 g/mol. The van der Waals surface area contributed by atoms with E-state index in [1.54, 1.807) is 5.57 Å². The zero-order valence-electron chi connectivity index (χ0n) is 20.5. The molecule has 35 heavy (non-hydrogen) atoms. The van der Waals surface area contributed by atoms with Gasteiger partial charge in [0.2, 0.25) is 0 Å². The largest absolute Gasteiger partial charge is 0.507 e. The maximum Gasteiger partial charge on any atom is 0.344 e. The third-order valence-electron chi connectivity index (χ3n) is 9.33. The number of aryl methyl sites for hydroxylation is 1. The molecule has 2 bridgehead atoms. The van der Waals surface area contributed by atoms with Crippen LogP contribution in [-0.4, -0.2) is 46.6 Å². The molecule has 182 valence electrons. The number of rotatable bonds is 2. The number of likely N-dealkylation sites (tertiary alicyclic amines) is 1. The lowest BCUT2D eigenvalue weighted by molar-refractivity contribution is -0.00277. The number of hydrogen-bond acceptors (Lipinski definition) is 5. The van der Waals surface area contributed by atoms with Gasteiger partial charge in [-0.2, -0.15) is 0 Å². The van der Waals surface area contributed by atoms with Crippen molar-refractivity contribution in [3.63, 3.8) is 0 Å². The molecule has 2 aromatic carbocycles. The van der Waals surface area contributed by atoms with Crippen LogP contribution in [0.2, 0.25) is 0 Å². The molecule has 1 aliphatic carbocycles. The quantitative estimate of drug-likeness (QED) is 0.311. The highest BCUT2D eigenvalue weighted by molar-refractivity contribution is 6.06. The van der Waals surface area contributed by atoms with Crippen molar-refractivity contribution >= 4 is 21.7 Å². The maximum absolute atomic E-state index is 12.6. The molecule has 1 aromatic heterocycles. The van der Waals surface area contributed by atoms with Gasteiger partial charge in [-0.1, -0.05) is 36.3 Å². The van der Waals surface area contributed by atoms with Gasteiger partial charge in [-0.25, -0.2) is 4.79 Å². The molecule has 5 nitrogen and oxygen atoms in total. The monoisotopic (exact) mass is 470 g/mol. The van der Waals surface area contributed by atoms with E-state index in [1.165, 1.54) is 51.6 Å². The van der Waals surface area contributed by atoms with Crippen molar-refractivity contribution in [3.05, 3.63) is 63.5 Å². The third kappa shape index (κ3) is 3.39. The molecule has 3 fully saturated rings. The second-order valence-electron chi connectivity index (χ2n) is 11.3. The lowest BCUT2D eigenvalue weighted by Crippen LogP contribution is -2.58. The fourth-order valence-corrected chi connectivity index (χ4v) is 7.83. The molecule has 0 spiro atoms. The number of phenols is 1. The van der Waals surface area contributed by atoms with Gasteiger partial charge >= 0.3 is 5.63 Å². The van der Waals surface area contributed by atoms with E-state index in [0.29, 0.717) is 28.5 Å². The van der Waals surface area contributed by atoms with E-state index >= 15 is 0 Å². The van der Waals surface area contributed by atoms with E-state index in [4.69, 9.17) is 4.42 Å². The Morgan fingerprint density at radius 3 is 2.83 bits per heavy atom. The van der Waals surface area contributed by atoms with E-state index in [2.05, 4.69) is 21.9 Å². The zero-order valence-corrected chi connectivity index (χ0v) is 20.5. The molecule has 4 aliphatic rings. The van der Waals surface area contributed by atoms with Crippen molar-refractivity contribution in [2.24, 2.45) is 11.8 Å². The smallest absolute Gasteiger partial charge is 0.344 e. The predicted molar refractivity (Wildman–Crippen MR) is 139 cm³/mol. The van der Waals surface area contributed by atoms with Crippen LogP contribution in [0.4, 0.5) is 0 Å². The standard InChI is InChI=1S/C30H34N2O3/c1-18-28(33)22(15-25-23-8-2-3-9-24(23)30(34)35-29(18)25)17-32-12-6-7-19-13-20-14-21(27(19)32)16-31-11-5-4-10-26(20)31/h2-3,8-9,13,15,20-21,26-27,33H,4-7,10-12,14,16-17H2,1H3/t20-,21?,26+,27+/m0/s1. The van der Waals surface area contributed by atoms with Gasteiger partial charge in [0, 0.05) is 41.7 Å². The summed E-state index contributed by atoms with van der Waals surface area (Å²) in [7, 11) is 0. The number of aromatic hydroxyl groups is 1. The summed E-state index contributed by atoms with van der Waals surface area (Å²) in [5.41, 5.74) is 3.39. The Hall–Kier alpha value is -2.63. The Morgan fingerprint density at radius 1 is 1.09 bits per heavy atom. The third-order valence-corrected chi connectivity index (χ3v) is 9.33. The average Bonchev–Trinajstić information content (AvgIpc) is 2.88. The van der Waals surface area contributed by atoms with E-state index in [1.807, 2.05) is 31.2 Å². The summed E-state index contributed by atoms with van der Waals surface area (Å²) in [4.78, 5) is 18.0. The fourth-order valence-electron chi connectivity index (χ4n) is 7.83. The first-order chi connectivity index (χ1) is 17.1. The molecule has 0 saturated carbocycles. The van der Waals surface area contributed by atoms with Gasteiger partial charge in [-0.05, 0) is 81.5 Å². The average molecular weight is 471 g/mol. The van der Waals surface area contributed by atoms with Gasteiger partial charge in [-0.3, -0.25) is 9.80 Å². The number of benzene rings is 2. The van der Waals surface area contributed by atoms with Crippen molar-refractivity contribution in [1.29, 1.82) is 0 Å². The number of phenolic OH excluding ortho intramolecular Hbond substituents is 1. The minimum absolute atomic E-state index is 0.264. The topological polar surface area (TPSA) is 56.9 Å². The molecule has 4 heterocycles. The molecule has 3 saturated heterocycles. The van der Waals surface area contributed by atoms with Crippen LogP contribution in [0.5, 0.6) is 5.75 Å².